The first-order valence-corrected chi connectivity index (χ1v) is 6.33. The summed E-state index contributed by atoms with van der Waals surface area (Å²) in [6, 6.07) is 3.63. The Bertz CT molecular complexity index is 450. The van der Waals surface area contributed by atoms with Gasteiger partial charge in [-0.3, -0.25) is 0 Å². The Morgan fingerprint density at radius 1 is 1.32 bits per heavy atom. The molecule has 0 saturated carbocycles. The van der Waals surface area contributed by atoms with Gasteiger partial charge in [0.1, 0.15) is 0 Å². The van der Waals surface area contributed by atoms with Crippen LogP contribution in [0.4, 0.5) is 0 Å². The van der Waals surface area contributed by atoms with E-state index in [9.17, 15) is 5.11 Å². The molecule has 1 rings (SSSR count). The Balaban J connectivity index is 3.42. The van der Waals surface area contributed by atoms with Gasteiger partial charge in [0.25, 0.3) is 0 Å². The van der Waals surface area contributed by atoms with Gasteiger partial charge in [0, 0.05) is 5.56 Å². The highest BCUT2D eigenvalue weighted by atomic mass is 16.5. The third kappa shape index (κ3) is 3.61. The van der Waals surface area contributed by atoms with Gasteiger partial charge in [-0.2, -0.15) is 0 Å². The van der Waals surface area contributed by atoms with Crippen LogP contribution in [0.25, 0.3) is 0 Å². The van der Waals surface area contributed by atoms with Crippen LogP contribution in [-0.2, 0) is 6.42 Å². The summed E-state index contributed by atoms with van der Waals surface area (Å²) in [5, 5.41) is 10.0. The van der Waals surface area contributed by atoms with Crippen LogP contribution in [0.5, 0.6) is 11.5 Å². The fourth-order valence-electron chi connectivity index (χ4n) is 1.91. The van der Waals surface area contributed by atoms with E-state index in [4.69, 9.17) is 9.47 Å². The van der Waals surface area contributed by atoms with Gasteiger partial charge >= 0.3 is 0 Å². The highest BCUT2D eigenvalue weighted by molar-refractivity contribution is 5.53. The average Bonchev–Trinajstić information content (AvgIpc) is 2.39. The zero-order valence-electron chi connectivity index (χ0n) is 11.8. The normalized spacial score (nSPS) is 12.1. The third-order valence-corrected chi connectivity index (χ3v) is 2.72. The number of hydrogen-bond acceptors (Lipinski definition) is 3. The molecule has 1 aromatic carbocycles. The molecular formula is C16H22O3. The minimum Gasteiger partial charge on any atom is -0.493 e. The molecule has 0 aliphatic heterocycles. The fourth-order valence-corrected chi connectivity index (χ4v) is 1.91. The topological polar surface area (TPSA) is 38.7 Å². The lowest BCUT2D eigenvalue weighted by molar-refractivity contribution is 0.216. The van der Waals surface area contributed by atoms with Crippen LogP contribution < -0.4 is 9.47 Å². The third-order valence-electron chi connectivity index (χ3n) is 2.72. The molecule has 19 heavy (non-hydrogen) atoms. The first-order chi connectivity index (χ1) is 9.04. The highest BCUT2D eigenvalue weighted by Gasteiger charge is 2.18. The van der Waals surface area contributed by atoms with Crippen molar-refractivity contribution >= 4 is 0 Å². The summed E-state index contributed by atoms with van der Waals surface area (Å²) in [6.45, 7) is 11.3. The molecule has 0 heterocycles. The van der Waals surface area contributed by atoms with Gasteiger partial charge in [-0.1, -0.05) is 18.2 Å². The fraction of sp³-hybridized carbons (Fsp3) is 0.375. The minimum absolute atomic E-state index is 0.0218. The number of ether oxygens (including phenoxy) is 2. The molecule has 0 bridgehead atoms. The first kappa shape index (κ1) is 15.3. The van der Waals surface area contributed by atoms with Crippen LogP contribution in [0.2, 0.25) is 0 Å². The van der Waals surface area contributed by atoms with Gasteiger partial charge in [-0.15, -0.1) is 13.2 Å². The van der Waals surface area contributed by atoms with E-state index in [0.717, 1.165) is 11.1 Å². The van der Waals surface area contributed by atoms with Crippen LogP contribution in [0.3, 0.4) is 0 Å². The van der Waals surface area contributed by atoms with E-state index in [2.05, 4.69) is 13.2 Å². The molecule has 0 aliphatic rings. The molecule has 0 saturated heterocycles. The number of aliphatic hydroxyl groups excluding tert-OH is 1. The monoisotopic (exact) mass is 262 g/mol. The maximum atomic E-state index is 10.0. The number of methoxy groups -OCH3 is 1. The summed E-state index contributed by atoms with van der Waals surface area (Å²) >= 11 is 0. The molecule has 1 unspecified atom stereocenters. The molecule has 0 aliphatic carbocycles. The SMILES string of the molecule is C=CCc1c(C(O)C=C)ccc(OC)c1OC(C)C. The molecular weight excluding hydrogens is 240 g/mol. The van der Waals surface area contributed by atoms with Crippen molar-refractivity contribution in [2.45, 2.75) is 32.5 Å². The summed E-state index contributed by atoms with van der Waals surface area (Å²) in [7, 11) is 1.60. The summed E-state index contributed by atoms with van der Waals surface area (Å²) < 4.78 is 11.2. The molecule has 1 aromatic rings. The van der Waals surface area contributed by atoms with E-state index < -0.39 is 6.10 Å². The van der Waals surface area contributed by atoms with Gasteiger partial charge in [0.05, 0.1) is 19.3 Å². The van der Waals surface area contributed by atoms with Gasteiger partial charge in [0.2, 0.25) is 0 Å². The molecule has 0 fully saturated rings. The Kier molecular flexibility index (Phi) is 5.64. The van der Waals surface area contributed by atoms with Gasteiger partial charge in [-0.05, 0) is 31.9 Å². The van der Waals surface area contributed by atoms with E-state index in [0.29, 0.717) is 17.9 Å². The summed E-state index contributed by atoms with van der Waals surface area (Å²) in [4.78, 5) is 0. The zero-order valence-corrected chi connectivity index (χ0v) is 11.8. The van der Waals surface area contributed by atoms with Crippen molar-refractivity contribution in [2.24, 2.45) is 0 Å². The van der Waals surface area contributed by atoms with E-state index >= 15 is 0 Å². The quantitative estimate of drug-likeness (QED) is 0.765. The predicted octanol–water partition coefficient (Wildman–Crippen LogP) is 3.43. The van der Waals surface area contributed by atoms with Crippen molar-refractivity contribution in [3.63, 3.8) is 0 Å². The Morgan fingerprint density at radius 3 is 2.47 bits per heavy atom. The average molecular weight is 262 g/mol. The Labute approximate surface area is 115 Å². The first-order valence-electron chi connectivity index (χ1n) is 6.33. The Morgan fingerprint density at radius 2 is 2.00 bits per heavy atom. The second-order valence-electron chi connectivity index (χ2n) is 4.50. The van der Waals surface area contributed by atoms with Crippen LogP contribution in [0, 0.1) is 0 Å². The number of hydrogen-bond donors (Lipinski definition) is 1. The van der Waals surface area contributed by atoms with E-state index in [1.54, 1.807) is 19.3 Å². The summed E-state index contributed by atoms with van der Waals surface area (Å²) in [5.41, 5.74) is 1.65. The van der Waals surface area contributed by atoms with E-state index in [-0.39, 0.29) is 6.10 Å². The van der Waals surface area contributed by atoms with E-state index in [1.165, 1.54) is 6.08 Å². The lowest BCUT2D eigenvalue weighted by atomic mass is 9.98. The van der Waals surface area contributed by atoms with Gasteiger partial charge in [0.15, 0.2) is 11.5 Å². The highest BCUT2D eigenvalue weighted by Crippen LogP contribution is 2.37. The number of aliphatic hydroxyl groups is 1. The summed E-state index contributed by atoms with van der Waals surface area (Å²) in [5.74, 6) is 1.32. The smallest absolute Gasteiger partial charge is 0.165 e. The molecule has 3 heteroatoms. The lowest BCUT2D eigenvalue weighted by Crippen LogP contribution is -2.11. The van der Waals surface area contributed by atoms with Crippen LogP contribution in [0.15, 0.2) is 37.4 Å². The van der Waals surface area contributed by atoms with Gasteiger partial charge < -0.3 is 14.6 Å². The number of benzene rings is 1. The molecule has 3 nitrogen and oxygen atoms in total. The predicted molar refractivity (Wildman–Crippen MR) is 77.8 cm³/mol. The number of allylic oxidation sites excluding steroid dienone is 1. The standard InChI is InChI=1S/C16H22O3/c1-6-8-13-12(14(17)7-2)9-10-15(18-5)16(13)19-11(3)4/h6-7,9-11,14,17H,1-2,8H2,3-5H3. The van der Waals surface area contributed by atoms with Crippen LogP contribution in [-0.4, -0.2) is 18.3 Å². The van der Waals surface area contributed by atoms with Crippen molar-refractivity contribution in [1.29, 1.82) is 0 Å². The molecule has 0 radical (unpaired) electrons. The molecule has 1 atom stereocenters. The van der Waals surface area contributed by atoms with Crippen LogP contribution in [0.1, 0.15) is 31.1 Å². The number of rotatable bonds is 7. The molecule has 104 valence electrons. The molecule has 0 amide bonds. The van der Waals surface area contributed by atoms with Crippen molar-refractivity contribution in [1.82, 2.24) is 0 Å². The Hall–Kier alpha value is -1.74. The van der Waals surface area contributed by atoms with Gasteiger partial charge in [-0.25, -0.2) is 0 Å². The van der Waals surface area contributed by atoms with E-state index in [1.807, 2.05) is 19.9 Å². The molecule has 0 spiro atoms. The second kappa shape index (κ2) is 7.00. The largest absolute Gasteiger partial charge is 0.493 e. The van der Waals surface area contributed by atoms with Crippen LogP contribution >= 0.6 is 0 Å². The van der Waals surface area contributed by atoms with Crippen molar-refractivity contribution < 1.29 is 14.6 Å². The van der Waals surface area contributed by atoms with Crippen molar-refractivity contribution in [3.8, 4) is 11.5 Å². The maximum absolute atomic E-state index is 10.0. The maximum Gasteiger partial charge on any atom is 0.165 e. The van der Waals surface area contributed by atoms with Crippen molar-refractivity contribution in [2.75, 3.05) is 7.11 Å². The van der Waals surface area contributed by atoms with Crippen molar-refractivity contribution in [3.05, 3.63) is 48.6 Å². The minimum atomic E-state index is -0.727. The molecule has 1 N–H and O–H groups in total. The second-order valence-corrected chi connectivity index (χ2v) is 4.50. The molecule has 0 aromatic heterocycles. The summed E-state index contributed by atoms with van der Waals surface area (Å²) in [6.07, 6.45) is 3.16. The zero-order chi connectivity index (χ0) is 14.4. The lowest BCUT2D eigenvalue weighted by Gasteiger charge is -2.21.